The highest BCUT2D eigenvalue weighted by Crippen LogP contribution is 2.19. The van der Waals surface area contributed by atoms with Crippen molar-refractivity contribution in [3.8, 4) is 5.69 Å². The fraction of sp³-hybridized carbons (Fsp3) is 0.294. The van der Waals surface area contributed by atoms with Gasteiger partial charge in [0.2, 0.25) is 5.13 Å². The monoisotopic (exact) mass is 341 g/mol. The first-order valence-electron chi connectivity index (χ1n) is 7.93. The molecule has 3 aromatic rings. The Kier molecular flexibility index (Phi) is 5.00. The number of nitrogens with zero attached hydrogens (tertiary/aromatic N) is 4. The number of hydrogen-bond donors (Lipinski definition) is 1. The van der Waals surface area contributed by atoms with Gasteiger partial charge in [-0.05, 0) is 25.5 Å². The van der Waals surface area contributed by atoms with Crippen LogP contribution in [0.4, 0.5) is 5.13 Å². The molecule has 6 nitrogen and oxygen atoms in total. The lowest BCUT2D eigenvalue weighted by Crippen LogP contribution is -2.13. The molecule has 1 N–H and O–H groups in total. The summed E-state index contributed by atoms with van der Waals surface area (Å²) in [6, 6.07) is 9.73. The van der Waals surface area contributed by atoms with Gasteiger partial charge in [0.15, 0.2) is 0 Å². The number of carbonyl (C=O) groups excluding carboxylic acids is 1. The number of para-hydroxylation sites is 1. The third kappa shape index (κ3) is 3.51. The standard InChI is InChI=1S/C17H19N5OS/c1-3-4-10-15-20-21-17(24-15)19-16(23)14-11-18-22(12(14)2)13-8-6-5-7-9-13/h5-9,11H,3-4,10H2,1-2H3,(H,19,21,23). The van der Waals surface area contributed by atoms with Crippen LogP contribution in [0.2, 0.25) is 0 Å². The number of aryl methyl sites for hydroxylation is 1. The fourth-order valence-electron chi connectivity index (χ4n) is 2.36. The first-order valence-corrected chi connectivity index (χ1v) is 8.74. The molecule has 0 aliphatic heterocycles. The van der Waals surface area contributed by atoms with Gasteiger partial charge in [0.05, 0.1) is 23.1 Å². The van der Waals surface area contributed by atoms with Crippen LogP contribution in [0.25, 0.3) is 5.69 Å². The van der Waals surface area contributed by atoms with Crippen LogP contribution in [0.5, 0.6) is 0 Å². The molecule has 24 heavy (non-hydrogen) atoms. The number of unbranched alkanes of at least 4 members (excludes halogenated alkanes) is 1. The van der Waals surface area contributed by atoms with Crippen LogP contribution in [0.1, 0.15) is 40.8 Å². The molecule has 2 heterocycles. The van der Waals surface area contributed by atoms with Crippen molar-refractivity contribution in [1.29, 1.82) is 0 Å². The van der Waals surface area contributed by atoms with E-state index in [0.717, 1.165) is 35.7 Å². The van der Waals surface area contributed by atoms with E-state index in [1.165, 1.54) is 11.3 Å². The highest BCUT2D eigenvalue weighted by molar-refractivity contribution is 7.15. The van der Waals surface area contributed by atoms with Crippen LogP contribution in [0, 0.1) is 6.92 Å². The number of hydrogen-bond acceptors (Lipinski definition) is 5. The van der Waals surface area contributed by atoms with Crippen LogP contribution in [-0.4, -0.2) is 25.9 Å². The Morgan fingerprint density at radius 2 is 2.04 bits per heavy atom. The smallest absolute Gasteiger partial charge is 0.260 e. The van der Waals surface area contributed by atoms with Crippen molar-refractivity contribution in [3.63, 3.8) is 0 Å². The summed E-state index contributed by atoms with van der Waals surface area (Å²) < 4.78 is 1.75. The highest BCUT2D eigenvalue weighted by Gasteiger charge is 2.16. The molecule has 0 aliphatic carbocycles. The summed E-state index contributed by atoms with van der Waals surface area (Å²) >= 11 is 1.42. The summed E-state index contributed by atoms with van der Waals surface area (Å²) in [6.07, 6.45) is 4.66. The molecule has 1 aromatic carbocycles. The first kappa shape index (κ1) is 16.3. The molecule has 3 rings (SSSR count). The molecular formula is C17H19N5OS. The Morgan fingerprint density at radius 3 is 2.79 bits per heavy atom. The van der Waals surface area contributed by atoms with Crippen LogP contribution in [0.15, 0.2) is 36.5 Å². The van der Waals surface area contributed by atoms with E-state index in [0.29, 0.717) is 10.7 Å². The van der Waals surface area contributed by atoms with Crippen LogP contribution >= 0.6 is 11.3 Å². The van der Waals surface area contributed by atoms with Gasteiger partial charge in [-0.25, -0.2) is 4.68 Å². The minimum absolute atomic E-state index is 0.215. The molecule has 0 saturated carbocycles. The summed E-state index contributed by atoms with van der Waals surface area (Å²) in [6.45, 7) is 4.01. The maximum atomic E-state index is 12.5. The second-order valence-corrected chi connectivity index (χ2v) is 6.51. The normalized spacial score (nSPS) is 10.8. The third-order valence-electron chi connectivity index (χ3n) is 3.69. The van der Waals surface area contributed by atoms with Gasteiger partial charge in [0.1, 0.15) is 5.01 Å². The number of benzene rings is 1. The van der Waals surface area contributed by atoms with Crippen molar-refractivity contribution >= 4 is 22.4 Å². The first-order chi connectivity index (χ1) is 11.7. The lowest BCUT2D eigenvalue weighted by molar-refractivity contribution is 0.102. The van der Waals surface area contributed by atoms with Crippen molar-refractivity contribution in [2.45, 2.75) is 33.1 Å². The minimum atomic E-state index is -0.215. The van der Waals surface area contributed by atoms with Gasteiger partial charge in [0.25, 0.3) is 5.91 Å². The second kappa shape index (κ2) is 7.35. The molecule has 0 atom stereocenters. The van der Waals surface area contributed by atoms with Crippen molar-refractivity contribution in [2.24, 2.45) is 0 Å². The van der Waals surface area contributed by atoms with E-state index >= 15 is 0 Å². The van der Waals surface area contributed by atoms with E-state index in [4.69, 9.17) is 0 Å². The predicted molar refractivity (Wildman–Crippen MR) is 94.8 cm³/mol. The Hall–Kier alpha value is -2.54. The Labute approximate surface area is 144 Å². The van der Waals surface area contributed by atoms with Gasteiger partial charge in [-0.1, -0.05) is 42.9 Å². The molecule has 7 heteroatoms. The topological polar surface area (TPSA) is 72.7 Å². The number of aromatic nitrogens is 4. The number of anilines is 1. The van der Waals surface area contributed by atoms with Gasteiger partial charge >= 0.3 is 0 Å². The van der Waals surface area contributed by atoms with E-state index in [2.05, 4.69) is 27.5 Å². The fourth-order valence-corrected chi connectivity index (χ4v) is 3.14. The van der Waals surface area contributed by atoms with Gasteiger partial charge < -0.3 is 0 Å². The molecular weight excluding hydrogens is 322 g/mol. The van der Waals surface area contributed by atoms with Crippen molar-refractivity contribution in [1.82, 2.24) is 20.0 Å². The molecule has 0 aliphatic rings. The number of carbonyl (C=O) groups is 1. The Bertz CT molecular complexity index is 825. The molecule has 0 spiro atoms. The third-order valence-corrected chi connectivity index (χ3v) is 4.59. The van der Waals surface area contributed by atoms with E-state index in [-0.39, 0.29) is 5.91 Å². The molecule has 0 saturated heterocycles. The van der Waals surface area contributed by atoms with E-state index in [1.54, 1.807) is 10.9 Å². The summed E-state index contributed by atoms with van der Waals surface area (Å²) in [7, 11) is 0. The average molecular weight is 341 g/mol. The Balaban J connectivity index is 1.74. The number of rotatable bonds is 6. The largest absolute Gasteiger partial charge is 0.296 e. The quantitative estimate of drug-likeness (QED) is 0.743. The summed E-state index contributed by atoms with van der Waals surface area (Å²) in [4.78, 5) is 12.5. The molecule has 0 fully saturated rings. The second-order valence-electron chi connectivity index (χ2n) is 5.45. The predicted octanol–water partition coefficient (Wildman–Crippen LogP) is 3.63. The van der Waals surface area contributed by atoms with Gasteiger partial charge in [-0.3, -0.25) is 10.1 Å². The van der Waals surface area contributed by atoms with Gasteiger partial charge in [-0.15, -0.1) is 10.2 Å². The van der Waals surface area contributed by atoms with Gasteiger partial charge in [-0.2, -0.15) is 5.10 Å². The molecule has 0 unspecified atom stereocenters. The van der Waals surface area contributed by atoms with Crippen LogP contribution in [0.3, 0.4) is 0 Å². The Morgan fingerprint density at radius 1 is 1.25 bits per heavy atom. The average Bonchev–Trinajstić information content (AvgIpc) is 3.20. The highest BCUT2D eigenvalue weighted by atomic mass is 32.1. The summed E-state index contributed by atoms with van der Waals surface area (Å²) in [5.41, 5.74) is 2.24. The van der Waals surface area contributed by atoms with E-state index in [1.807, 2.05) is 37.3 Å². The van der Waals surface area contributed by atoms with Crippen molar-refractivity contribution < 1.29 is 4.79 Å². The number of nitrogens with one attached hydrogen (secondary N) is 1. The zero-order chi connectivity index (χ0) is 16.9. The molecule has 2 aromatic heterocycles. The molecule has 124 valence electrons. The van der Waals surface area contributed by atoms with Crippen LogP contribution < -0.4 is 5.32 Å². The van der Waals surface area contributed by atoms with Gasteiger partial charge in [0, 0.05) is 6.42 Å². The zero-order valence-corrected chi connectivity index (χ0v) is 14.5. The zero-order valence-electron chi connectivity index (χ0n) is 13.7. The summed E-state index contributed by atoms with van der Waals surface area (Å²) in [5, 5.41) is 16.8. The van der Waals surface area contributed by atoms with E-state index in [9.17, 15) is 4.79 Å². The SMILES string of the molecule is CCCCc1nnc(NC(=O)c2cnn(-c3ccccc3)c2C)s1. The summed E-state index contributed by atoms with van der Waals surface area (Å²) in [5.74, 6) is -0.215. The molecule has 0 radical (unpaired) electrons. The number of amides is 1. The van der Waals surface area contributed by atoms with E-state index < -0.39 is 0 Å². The molecule has 1 amide bonds. The minimum Gasteiger partial charge on any atom is -0.296 e. The maximum absolute atomic E-state index is 12.5. The lowest BCUT2D eigenvalue weighted by Gasteiger charge is -2.05. The van der Waals surface area contributed by atoms with Crippen LogP contribution in [-0.2, 0) is 6.42 Å². The van der Waals surface area contributed by atoms with Crippen molar-refractivity contribution in [3.05, 3.63) is 52.8 Å². The van der Waals surface area contributed by atoms with Crippen molar-refractivity contribution in [2.75, 3.05) is 5.32 Å². The molecule has 0 bridgehead atoms. The maximum Gasteiger partial charge on any atom is 0.260 e. The lowest BCUT2D eigenvalue weighted by atomic mass is 10.2.